The minimum atomic E-state index is 0.767. The van der Waals surface area contributed by atoms with Gasteiger partial charge < -0.3 is 5.32 Å². The normalized spacial score (nSPS) is 12.5. The van der Waals surface area contributed by atoms with Gasteiger partial charge in [-0.25, -0.2) is 9.98 Å². The minimum Gasteiger partial charge on any atom is -0.338 e. The van der Waals surface area contributed by atoms with Crippen molar-refractivity contribution in [3.05, 3.63) is 78.2 Å². The lowest BCUT2D eigenvalue weighted by molar-refractivity contribution is 1.29. The van der Waals surface area contributed by atoms with Crippen LogP contribution in [0.15, 0.2) is 72.1 Å². The van der Waals surface area contributed by atoms with Crippen LogP contribution in [0.2, 0.25) is 0 Å². The highest BCUT2D eigenvalue weighted by atomic mass is 15.0. The number of aromatic nitrogens is 2. The Labute approximate surface area is 122 Å². The number of para-hydroxylation sites is 1. The minimum absolute atomic E-state index is 0.767. The molecule has 0 saturated carbocycles. The van der Waals surface area contributed by atoms with E-state index in [-0.39, 0.29) is 0 Å². The zero-order valence-corrected chi connectivity index (χ0v) is 11.2. The molecule has 4 nitrogen and oxygen atoms in total. The standard InChI is InChI=1S/C17H12N4/c1-2-7-14-13(6-1)16(12-5-3-9-18-11-12)20-15-8-4-10-19-17(15)21-14/h1-11H,(H,19,21). The van der Waals surface area contributed by atoms with E-state index >= 15 is 0 Å². The Morgan fingerprint density at radius 1 is 0.857 bits per heavy atom. The number of hydrogen-bond acceptors (Lipinski definition) is 4. The Morgan fingerprint density at radius 2 is 1.76 bits per heavy atom. The van der Waals surface area contributed by atoms with Crippen LogP contribution < -0.4 is 5.32 Å². The molecule has 1 aromatic carbocycles. The monoisotopic (exact) mass is 272 g/mol. The quantitative estimate of drug-likeness (QED) is 0.574. The van der Waals surface area contributed by atoms with Crippen LogP contribution in [0.3, 0.4) is 0 Å². The predicted molar refractivity (Wildman–Crippen MR) is 83.5 cm³/mol. The fraction of sp³-hybridized carbons (Fsp3) is 0. The molecule has 3 heterocycles. The smallest absolute Gasteiger partial charge is 0.156 e. The Kier molecular flexibility index (Phi) is 2.71. The topological polar surface area (TPSA) is 50.2 Å². The van der Waals surface area contributed by atoms with Crippen LogP contribution in [0, 0.1) is 0 Å². The van der Waals surface area contributed by atoms with Crippen LogP contribution in [0.25, 0.3) is 0 Å². The first kappa shape index (κ1) is 11.8. The summed E-state index contributed by atoms with van der Waals surface area (Å²) in [6.07, 6.45) is 5.36. The van der Waals surface area contributed by atoms with Crippen molar-refractivity contribution in [1.29, 1.82) is 0 Å². The van der Waals surface area contributed by atoms with Gasteiger partial charge in [-0.1, -0.05) is 18.2 Å². The summed E-state index contributed by atoms with van der Waals surface area (Å²) in [5.74, 6) is 0.767. The van der Waals surface area contributed by atoms with E-state index in [1.165, 1.54) is 0 Å². The van der Waals surface area contributed by atoms with Crippen LogP contribution in [0.5, 0.6) is 0 Å². The van der Waals surface area contributed by atoms with Gasteiger partial charge in [-0.05, 0) is 30.3 Å². The zero-order valence-electron chi connectivity index (χ0n) is 11.2. The lowest BCUT2D eigenvalue weighted by Gasteiger charge is -2.09. The van der Waals surface area contributed by atoms with Gasteiger partial charge in [-0.15, -0.1) is 0 Å². The molecule has 0 aliphatic carbocycles. The Hall–Kier alpha value is -3.01. The highest BCUT2D eigenvalue weighted by Gasteiger charge is 2.17. The third-order valence-corrected chi connectivity index (χ3v) is 3.39. The van der Waals surface area contributed by atoms with E-state index in [0.717, 1.165) is 34.0 Å². The van der Waals surface area contributed by atoms with E-state index in [4.69, 9.17) is 4.99 Å². The molecule has 2 aromatic heterocycles. The van der Waals surface area contributed by atoms with Gasteiger partial charge >= 0.3 is 0 Å². The summed E-state index contributed by atoms with van der Waals surface area (Å²) in [6, 6.07) is 15.9. The number of aliphatic imine (C=N–C) groups is 1. The average Bonchev–Trinajstić information content (AvgIpc) is 2.72. The second kappa shape index (κ2) is 4.83. The van der Waals surface area contributed by atoms with Gasteiger partial charge in [0.1, 0.15) is 5.69 Å². The third kappa shape index (κ3) is 2.07. The van der Waals surface area contributed by atoms with Crippen LogP contribution >= 0.6 is 0 Å². The molecule has 0 radical (unpaired) electrons. The molecular weight excluding hydrogens is 260 g/mol. The van der Waals surface area contributed by atoms with Gasteiger partial charge in [0, 0.05) is 35.4 Å². The molecule has 100 valence electrons. The van der Waals surface area contributed by atoms with Crippen molar-refractivity contribution in [2.75, 3.05) is 5.32 Å². The third-order valence-electron chi connectivity index (χ3n) is 3.39. The van der Waals surface area contributed by atoms with E-state index in [1.807, 2.05) is 48.7 Å². The molecule has 1 N–H and O–H groups in total. The number of pyridine rings is 2. The number of rotatable bonds is 1. The molecule has 0 amide bonds. The molecule has 1 aliphatic heterocycles. The maximum absolute atomic E-state index is 4.80. The average molecular weight is 272 g/mol. The Morgan fingerprint density at radius 3 is 2.67 bits per heavy atom. The molecule has 0 saturated heterocycles. The molecular formula is C17H12N4. The summed E-state index contributed by atoms with van der Waals surface area (Å²) in [5, 5.41) is 3.36. The van der Waals surface area contributed by atoms with Crippen LogP contribution in [0.1, 0.15) is 11.1 Å². The number of nitrogens with one attached hydrogen (secondary N) is 1. The second-order valence-corrected chi connectivity index (χ2v) is 4.74. The van der Waals surface area contributed by atoms with Gasteiger partial charge in [0.2, 0.25) is 0 Å². The van der Waals surface area contributed by atoms with Crippen molar-refractivity contribution in [3.63, 3.8) is 0 Å². The summed E-state index contributed by atoms with van der Waals surface area (Å²) >= 11 is 0. The first-order valence-electron chi connectivity index (χ1n) is 6.72. The van der Waals surface area contributed by atoms with E-state index < -0.39 is 0 Å². The van der Waals surface area contributed by atoms with Gasteiger partial charge in [-0.3, -0.25) is 4.98 Å². The van der Waals surface area contributed by atoms with Gasteiger partial charge in [-0.2, -0.15) is 0 Å². The van der Waals surface area contributed by atoms with Crippen molar-refractivity contribution in [1.82, 2.24) is 9.97 Å². The molecule has 3 aromatic rings. The predicted octanol–water partition coefficient (Wildman–Crippen LogP) is 3.70. The summed E-state index contributed by atoms with van der Waals surface area (Å²) in [6.45, 7) is 0. The van der Waals surface area contributed by atoms with Crippen molar-refractivity contribution in [2.45, 2.75) is 0 Å². The largest absolute Gasteiger partial charge is 0.338 e. The molecule has 1 aliphatic rings. The van der Waals surface area contributed by atoms with E-state index in [1.54, 1.807) is 12.4 Å². The first-order valence-corrected chi connectivity index (χ1v) is 6.72. The molecule has 4 heteroatoms. The first-order chi connectivity index (χ1) is 10.4. The highest BCUT2D eigenvalue weighted by Crippen LogP contribution is 2.33. The number of nitrogens with zero attached hydrogens (tertiary/aromatic N) is 3. The summed E-state index contributed by atoms with van der Waals surface area (Å²) in [4.78, 5) is 13.4. The van der Waals surface area contributed by atoms with Gasteiger partial charge in [0.05, 0.1) is 5.71 Å². The molecule has 4 rings (SSSR count). The van der Waals surface area contributed by atoms with Crippen molar-refractivity contribution in [2.24, 2.45) is 4.99 Å². The van der Waals surface area contributed by atoms with Gasteiger partial charge in [0.15, 0.2) is 5.82 Å². The van der Waals surface area contributed by atoms with Crippen LogP contribution in [-0.2, 0) is 0 Å². The number of benzene rings is 1. The molecule has 0 atom stereocenters. The van der Waals surface area contributed by atoms with Crippen molar-refractivity contribution < 1.29 is 0 Å². The Balaban J connectivity index is 2.00. The lowest BCUT2D eigenvalue weighted by Crippen LogP contribution is -2.04. The molecule has 21 heavy (non-hydrogen) atoms. The molecule has 0 spiro atoms. The van der Waals surface area contributed by atoms with Crippen LogP contribution in [0.4, 0.5) is 17.2 Å². The molecule has 0 unspecified atom stereocenters. The SMILES string of the molecule is c1cncc(C2=Nc3cccnc3Nc3ccccc32)c1. The van der Waals surface area contributed by atoms with Crippen LogP contribution in [-0.4, -0.2) is 15.7 Å². The maximum Gasteiger partial charge on any atom is 0.156 e. The summed E-state index contributed by atoms with van der Waals surface area (Å²) < 4.78 is 0. The number of anilines is 2. The van der Waals surface area contributed by atoms with E-state index in [0.29, 0.717) is 0 Å². The fourth-order valence-electron chi connectivity index (χ4n) is 2.41. The van der Waals surface area contributed by atoms with E-state index in [9.17, 15) is 0 Å². The zero-order chi connectivity index (χ0) is 14.1. The van der Waals surface area contributed by atoms with E-state index in [2.05, 4.69) is 21.4 Å². The van der Waals surface area contributed by atoms with Crippen molar-refractivity contribution >= 4 is 22.9 Å². The summed E-state index contributed by atoms with van der Waals surface area (Å²) in [5.41, 5.74) is 4.76. The fourth-order valence-corrected chi connectivity index (χ4v) is 2.41. The number of hydrogen-bond donors (Lipinski definition) is 1. The maximum atomic E-state index is 4.80. The summed E-state index contributed by atoms with van der Waals surface area (Å²) in [7, 11) is 0. The van der Waals surface area contributed by atoms with Crippen molar-refractivity contribution in [3.8, 4) is 0 Å². The number of fused-ring (bicyclic) bond motifs is 2. The lowest BCUT2D eigenvalue weighted by atomic mass is 10.0. The van der Waals surface area contributed by atoms with Gasteiger partial charge in [0.25, 0.3) is 0 Å². The Bertz CT molecular complexity index is 825. The highest BCUT2D eigenvalue weighted by molar-refractivity contribution is 6.18. The second-order valence-electron chi connectivity index (χ2n) is 4.74. The molecule has 0 fully saturated rings. The molecule has 0 bridgehead atoms.